The molecular weight excluding hydrogens is 377 g/mol. The topological polar surface area (TPSA) is 62.6 Å². The zero-order chi connectivity index (χ0) is 17.1. The molecular formula is C17H31Cl2N5O2. The Balaban J connectivity index is 0.00000169. The average Bonchev–Trinajstić information content (AvgIpc) is 3.02. The van der Waals surface area contributed by atoms with Crippen molar-refractivity contribution in [3.05, 3.63) is 18.0 Å². The molecule has 1 aromatic rings. The molecule has 2 unspecified atom stereocenters. The fourth-order valence-corrected chi connectivity index (χ4v) is 3.83. The second-order valence-corrected chi connectivity index (χ2v) is 6.90. The Morgan fingerprint density at radius 3 is 2.54 bits per heavy atom. The average molecular weight is 408 g/mol. The molecule has 1 amide bonds. The van der Waals surface area contributed by atoms with Crippen molar-refractivity contribution in [1.82, 2.24) is 24.9 Å². The molecule has 2 aliphatic rings. The lowest BCUT2D eigenvalue weighted by Gasteiger charge is -2.42. The van der Waals surface area contributed by atoms with Gasteiger partial charge in [-0.2, -0.15) is 5.10 Å². The summed E-state index contributed by atoms with van der Waals surface area (Å²) in [4.78, 5) is 17.4. The predicted molar refractivity (Wildman–Crippen MR) is 106 cm³/mol. The molecule has 2 fully saturated rings. The third-order valence-corrected chi connectivity index (χ3v) is 5.16. The minimum Gasteiger partial charge on any atom is -0.376 e. The molecule has 1 aromatic heterocycles. The Kier molecular flexibility index (Phi) is 9.33. The quantitative estimate of drug-likeness (QED) is 0.812. The summed E-state index contributed by atoms with van der Waals surface area (Å²) in [5.41, 5.74) is 0.925. The van der Waals surface area contributed by atoms with E-state index in [9.17, 15) is 4.79 Å². The van der Waals surface area contributed by atoms with Crippen LogP contribution in [0.5, 0.6) is 0 Å². The summed E-state index contributed by atoms with van der Waals surface area (Å²) in [6, 6.07) is 0.269. The van der Waals surface area contributed by atoms with E-state index in [1.807, 2.05) is 25.2 Å². The maximum Gasteiger partial charge on any atom is 0.244 e. The van der Waals surface area contributed by atoms with Crippen LogP contribution in [-0.4, -0.2) is 77.5 Å². The minimum atomic E-state index is -0.307. The number of aromatic nitrogens is 2. The van der Waals surface area contributed by atoms with Gasteiger partial charge < -0.3 is 15.0 Å². The number of likely N-dealkylation sites (N-methyl/N-ethyl adjacent to an activating group) is 1. The van der Waals surface area contributed by atoms with Gasteiger partial charge in [0, 0.05) is 51.0 Å². The number of piperidine rings is 1. The number of hydrogen-bond acceptors (Lipinski definition) is 5. The lowest BCUT2D eigenvalue weighted by molar-refractivity contribution is -0.135. The van der Waals surface area contributed by atoms with Gasteiger partial charge in [0.05, 0.1) is 18.9 Å². The number of likely N-dealkylation sites (tertiary alicyclic amines) is 1. The smallest absolute Gasteiger partial charge is 0.244 e. The van der Waals surface area contributed by atoms with Crippen molar-refractivity contribution < 1.29 is 9.53 Å². The highest BCUT2D eigenvalue weighted by atomic mass is 35.5. The number of rotatable bonds is 4. The first-order valence-electron chi connectivity index (χ1n) is 8.88. The molecule has 0 aliphatic carbocycles. The van der Waals surface area contributed by atoms with Gasteiger partial charge in [0.2, 0.25) is 5.91 Å². The molecule has 26 heavy (non-hydrogen) atoms. The molecule has 7 nitrogen and oxygen atoms in total. The van der Waals surface area contributed by atoms with Crippen molar-refractivity contribution in [3.63, 3.8) is 0 Å². The third-order valence-electron chi connectivity index (χ3n) is 5.16. The summed E-state index contributed by atoms with van der Waals surface area (Å²) < 4.78 is 7.37. The number of carbonyl (C=O) groups is 1. The fourth-order valence-electron chi connectivity index (χ4n) is 3.83. The maximum atomic E-state index is 12.9. The van der Waals surface area contributed by atoms with Crippen LogP contribution >= 0.6 is 24.8 Å². The SMILES string of the molecule is CNC(C(=O)N1CCC(N2CCOC(C)C2)CC1)c1cnn(C)c1.Cl.Cl. The second kappa shape index (κ2) is 10.5. The third kappa shape index (κ3) is 5.33. The molecule has 2 saturated heterocycles. The van der Waals surface area contributed by atoms with Gasteiger partial charge in [0.25, 0.3) is 0 Å². The first-order valence-corrected chi connectivity index (χ1v) is 8.88. The van der Waals surface area contributed by atoms with Gasteiger partial charge in [0.1, 0.15) is 6.04 Å². The Labute approximate surface area is 168 Å². The van der Waals surface area contributed by atoms with E-state index in [-0.39, 0.29) is 36.8 Å². The van der Waals surface area contributed by atoms with Crippen LogP contribution in [0.1, 0.15) is 31.4 Å². The minimum absolute atomic E-state index is 0. The van der Waals surface area contributed by atoms with Crippen molar-refractivity contribution in [2.45, 2.75) is 38.0 Å². The first kappa shape index (κ1) is 23.2. The Bertz CT molecular complexity index is 563. The van der Waals surface area contributed by atoms with Crippen LogP contribution in [-0.2, 0) is 16.6 Å². The molecule has 0 bridgehead atoms. The Hall–Kier alpha value is -0.860. The molecule has 0 saturated carbocycles. The number of carbonyl (C=O) groups excluding carboxylic acids is 1. The Morgan fingerprint density at radius 1 is 1.31 bits per heavy atom. The summed E-state index contributed by atoms with van der Waals surface area (Å²) in [5, 5.41) is 7.32. The van der Waals surface area contributed by atoms with E-state index >= 15 is 0 Å². The zero-order valence-corrected chi connectivity index (χ0v) is 17.4. The van der Waals surface area contributed by atoms with Gasteiger partial charge >= 0.3 is 0 Å². The number of nitrogens with one attached hydrogen (secondary N) is 1. The molecule has 2 aliphatic heterocycles. The van der Waals surface area contributed by atoms with E-state index in [2.05, 4.69) is 22.2 Å². The standard InChI is InChI=1S/C17H29N5O2.2ClH/c1-13-11-22(8-9-24-13)15-4-6-21(7-5-15)17(23)16(18-2)14-10-19-20(3)12-14;;/h10,12-13,15-16,18H,4-9,11H2,1-3H3;2*1H. The van der Waals surface area contributed by atoms with Crippen LogP contribution in [0, 0.1) is 0 Å². The van der Waals surface area contributed by atoms with Crippen LogP contribution in [0.2, 0.25) is 0 Å². The number of ether oxygens (including phenoxy) is 1. The van der Waals surface area contributed by atoms with Crippen LogP contribution in [0.15, 0.2) is 12.4 Å². The summed E-state index contributed by atoms with van der Waals surface area (Å²) in [6.07, 6.45) is 6.07. The number of hydrogen-bond donors (Lipinski definition) is 1. The normalized spacial score (nSPS) is 23.0. The number of amides is 1. The van der Waals surface area contributed by atoms with Crippen molar-refractivity contribution >= 4 is 30.7 Å². The predicted octanol–water partition coefficient (Wildman–Crippen LogP) is 1.24. The van der Waals surface area contributed by atoms with Gasteiger partial charge in [-0.1, -0.05) is 0 Å². The van der Waals surface area contributed by atoms with Crippen molar-refractivity contribution in [3.8, 4) is 0 Å². The number of morpholine rings is 1. The highest BCUT2D eigenvalue weighted by Crippen LogP contribution is 2.22. The highest BCUT2D eigenvalue weighted by molar-refractivity contribution is 5.85. The van der Waals surface area contributed by atoms with E-state index in [4.69, 9.17) is 4.74 Å². The van der Waals surface area contributed by atoms with Gasteiger partial charge in [-0.05, 0) is 26.8 Å². The van der Waals surface area contributed by atoms with Crippen LogP contribution in [0.3, 0.4) is 0 Å². The fraction of sp³-hybridized carbons (Fsp3) is 0.765. The largest absolute Gasteiger partial charge is 0.376 e. The summed E-state index contributed by atoms with van der Waals surface area (Å²) in [5.74, 6) is 0.152. The van der Waals surface area contributed by atoms with Gasteiger partial charge in [0.15, 0.2) is 0 Å². The molecule has 3 rings (SSSR count). The number of aryl methyl sites for hydroxylation is 1. The molecule has 0 aromatic carbocycles. The highest BCUT2D eigenvalue weighted by Gasteiger charge is 2.32. The lowest BCUT2D eigenvalue weighted by Crippen LogP contribution is -2.52. The van der Waals surface area contributed by atoms with Crippen molar-refractivity contribution in [1.29, 1.82) is 0 Å². The monoisotopic (exact) mass is 407 g/mol. The van der Waals surface area contributed by atoms with E-state index in [0.717, 1.165) is 51.2 Å². The maximum absolute atomic E-state index is 12.9. The lowest BCUT2D eigenvalue weighted by atomic mass is 10.0. The van der Waals surface area contributed by atoms with E-state index in [1.165, 1.54) is 0 Å². The Morgan fingerprint density at radius 2 is 2.00 bits per heavy atom. The number of halogens is 2. The summed E-state index contributed by atoms with van der Waals surface area (Å²) in [6.45, 7) is 6.63. The van der Waals surface area contributed by atoms with Crippen molar-refractivity contribution in [2.24, 2.45) is 7.05 Å². The van der Waals surface area contributed by atoms with Crippen LogP contribution < -0.4 is 5.32 Å². The van der Waals surface area contributed by atoms with Gasteiger partial charge in [-0.3, -0.25) is 14.4 Å². The molecule has 150 valence electrons. The van der Waals surface area contributed by atoms with Gasteiger partial charge in [-0.15, -0.1) is 24.8 Å². The summed E-state index contributed by atoms with van der Waals surface area (Å²) in [7, 11) is 3.70. The van der Waals surface area contributed by atoms with Gasteiger partial charge in [-0.25, -0.2) is 0 Å². The van der Waals surface area contributed by atoms with Crippen LogP contribution in [0.25, 0.3) is 0 Å². The zero-order valence-electron chi connectivity index (χ0n) is 15.8. The van der Waals surface area contributed by atoms with E-state index in [0.29, 0.717) is 12.1 Å². The molecule has 0 radical (unpaired) electrons. The molecule has 0 spiro atoms. The van der Waals surface area contributed by atoms with Crippen molar-refractivity contribution in [2.75, 3.05) is 39.8 Å². The van der Waals surface area contributed by atoms with E-state index in [1.54, 1.807) is 10.9 Å². The first-order chi connectivity index (χ1) is 11.6. The molecule has 1 N–H and O–H groups in total. The second-order valence-electron chi connectivity index (χ2n) is 6.90. The van der Waals surface area contributed by atoms with E-state index < -0.39 is 0 Å². The molecule has 3 heterocycles. The van der Waals surface area contributed by atoms with Crippen LogP contribution in [0.4, 0.5) is 0 Å². The molecule has 9 heteroatoms. The number of nitrogens with zero attached hydrogens (tertiary/aromatic N) is 4. The molecule has 2 atom stereocenters. The summed E-state index contributed by atoms with van der Waals surface area (Å²) >= 11 is 0.